The summed E-state index contributed by atoms with van der Waals surface area (Å²) in [6.07, 6.45) is 2.03. The molecule has 0 amide bonds. The third kappa shape index (κ3) is 4.39. The van der Waals surface area contributed by atoms with Crippen molar-refractivity contribution in [1.29, 1.82) is 0 Å². The summed E-state index contributed by atoms with van der Waals surface area (Å²) in [6.45, 7) is 2.08. The van der Waals surface area contributed by atoms with E-state index >= 15 is 0 Å². The van der Waals surface area contributed by atoms with Gasteiger partial charge in [-0.2, -0.15) is 0 Å². The second-order valence-corrected chi connectivity index (χ2v) is 9.65. The molecule has 2 unspecified atom stereocenters. The van der Waals surface area contributed by atoms with Crippen molar-refractivity contribution < 1.29 is 14.7 Å². The lowest BCUT2D eigenvalue weighted by atomic mass is 9.88. The lowest BCUT2D eigenvalue weighted by Crippen LogP contribution is -2.25. The maximum atomic E-state index is 12.8. The van der Waals surface area contributed by atoms with Crippen LogP contribution in [0.5, 0.6) is 0 Å². The van der Waals surface area contributed by atoms with Crippen molar-refractivity contribution in [3.8, 4) is 11.1 Å². The number of hydrogen-bond acceptors (Lipinski definition) is 5. The van der Waals surface area contributed by atoms with Crippen LogP contribution in [0.25, 0.3) is 21.3 Å². The van der Waals surface area contributed by atoms with Crippen LogP contribution in [0.2, 0.25) is 0 Å². The van der Waals surface area contributed by atoms with Crippen molar-refractivity contribution >= 4 is 44.1 Å². The second kappa shape index (κ2) is 8.79. The molecule has 6 heteroatoms. The van der Waals surface area contributed by atoms with E-state index in [4.69, 9.17) is 0 Å². The average Bonchev–Trinajstić information content (AvgIpc) is 3.46. The van der Waals surface area contributed by atoms with E-state index in [0.29, 0.717) is 18.4 Å². The smallest absolute Gasteiger partial charge is 0.307 e. The number of aryl methyl sites for hydroxylation is 1. The zero-order valence-corrected chi connectivity index (χ0v) is 19.1. The Morgan fingerprint density at radius 1 is 0.939 bits per heavy atom. The molecule has 2 atom stereocenters. The molecule has 1 aliphatic carbocycles. The van der Waals surface area contributed by atoms with Crippen LogP contribution in [0.1, 0.15) is 35.2 Å². The zero-order valence-electron chi connectivity index (χ0n) is 18.2. The summed E-state index contributed by atoms with van der Waals surface area (Å²) < 4.78 is 1.16. The Balaban J connectivity index is 1.29. The first kappa shape index (κ1) is 21.3. The topological polar surface area (TPSA) is 79.3 Å². The molecule has 0 bridgehead atoms. The van der Waals surface area contributed by atoms with Gasteiger partial charge >= 0.3 is 5.97 Å². The molecule has 0 radical (unpaired) electrons. The second-order valence-electron chi connectivity index (χ2n) is 8.62. The molecular weight excluding hydrogens is 432 g/mol. The summed E-state index contributed by atoms with van der Waals surface area (Å²) in [4.78, 5) is 28.9. The normalized spacial score (nSPS) is 17.8. The molecule has 0 spiro atoms. The Bertz CT molecular complexity index is 1330. The number of fused-ring (bicyclic) bond motifs is 1. The molecule has 2 N–H and O–H groups in total. The highest BCUT2D eigenvalue weighted by Crippen LogP contribution is 2.35. The average molecular weight is 457 g/mol. The number of rotatable bonds is 6. The molecule has 1 heterocycles. The Morgan fingerprint density at radius 3 is 2.30 bits per heavy atom. The lowest BCUT2D eigenvalue weighted by Gasteiger charge is -2.14. The van der Waals surface area contributed by atoms with Crippen LogP contribution in [-0.2, 0) is 4.79 Å². The number of nitrogens with one attached hydrogen (secondary N) is 1. The van der Waals surface area contributed by atoms with E-state index in [2.05, 4.69) is 29.4 Å². The van der Waals surface area contributed by atoms with Gasteiger partial charge in [-0.15, -0.1) is 0 Å². The third-order valence-electron chi connectivity index (χ3n) is 6.35. The van der Waals surface area contributed by atoms with Crippen molar-refractivity contribution in [2.24, 2.45) is 11.8 Å². The molecule has 0 aliphatic heterocycles. The predicted molar refractivity (Wildman–Crippen MR) is 132 cm³/mol. The number of Topliss-reactive ketones (excluding diaryl/α,β-unsaturated/α-hetero) is 1. The highest BCUT2D eigenvalue weighted by Gasteiger charge is 2.37. The number of aliphatic carboxylic acids is 1. The van der Waals surface area contributed by atoms with Gasteiger partial charge in [-0.1, -0.05) is 60.2 Å². The Morgan fingerprint density at radius 2 is 1.61 bits per heavy atom. The first-order valence-electron chi connectivity index (χ1n) is 11.1. The van der Waals surface area contributed by atoms with Gasteiger partial charge in [0.15, 0.2) is 10.9 Å². The maximum Gasteiger partial charge on any atom is 0.307 e. The van der Waals surface area contributed by atoms with Gasteiger partial charge in [0.05, 0.1) is 16.1 Å². The number of carboxylic acid groups (broad SMARTS) is 1. The number of carboxylic acids is 1. The largest absolute Gasteiger partial charge is 0.481 e. The van der Waals surface area contributed by atoms with Crippen LogP contribution in [0.4, 0.5) is 10.8 Å². The standard InChI is InChI=1S/C27H24N2O3S/c1-16-5-14-23-24(15-16)33-27(29-23)28-20-12-10-18(11-13-20)17-6-8-19(9-7-17)25(30)21-3-2-4-22(21)26(31)32/h5-15,21-22H,2-4H2,1H3,(H,28,29)(H,31,32). The van der Waals surface area contributed by atoms with Crippen LogP contribution < -0.4 is 5.32 Å². The van der Waals surface area contributed by atoms with Crippen LogP contribution in [0, 0.1) is 18.8 Å². The summed E-state index contributed by atoms with van der Waals surface area (Å²) in [5, 5.41) is 13.6. The molecule has 5 rings (SSSR count). The van der Waals surface area contributed by atoms with Gasteiger partial charge in [0, 0.05) is 17.2 Å². The number of aromatic nitrogens is 1. The van der Waals surface area contributed by atoms with Crippen molar-refractivity contribution in [2.75, 3.05) is 5.32 Å². The molecule has 166 valence electrons. The first-order valence-corrected chi connectivity index (χ1v) is 11.9. The fourth-order valence-corrected chi connectivity index (χ4v) is 5.55. The molecule has 1 saturated carbocycles. The number of carbonyl (C=O) groups is 2. The summed E-state index contributed by atoms with van der Waals surface area (Å²) >= 11 is 1.63. The van der Waals surface area contributed by atoms with Crippen LogP contribution in [0.3, 0.4) is 0 Å². The molecule has 4 aromatic rings. The Labute approximate surface area is 196 Å². The lowest BCUT2D eigenvalue weighted by molar-refractivity contribution is -0.142. The van der Waals surface area contributed by atoms with Crippen molar-refractivity contribution in [3.63, 3.8) is 0 Å². The first-order chi connectivity index (χ1) is 16.0. The van der Waals surface area contributed by atoms with Gasteiger partial charge in [-0.3, -0.25) is 9.59 Å². The highest BCUT2D eigenvalue weighted by atomic mass is 32.1. The van der Waals surface area contributed by atoms with E-state index in [1.807, 2.05) is 54.6 Å². The summed E-state index contributed by atoms with van der Waals surface area (Å²) in [5.41, 5.74) is 5.81. The van der Waals surface area contributed by atoms with Crippen LogP contribution in [-0.4, -0.2) is 21.8 Å². The number of benzene rings is 3. The number of nitrogens with zero attached hydrogens (tertiary/aromatic N) is 1. The number of hydrogen-bond donors (Lipinski definition) is 2. The minimum Gasteiger partial charge on any atom is -0.481 e. The van der Waals surface area contributed by atoms with Crippen molar-refractivity contribution in [1.82, 2.24) is 4.98 Å². The number of carbonyl (C=O) groups excluding carboxylic acids is 1. The monoisotopic (exact) mass is 456 g/mol. The summed E-state index contributed by atoms with van der Waals surface area (Å²) in [6, 6.07) is 21.8. The minimum absolute atomic E-state index is 0.0583. The number of thiazole rings is 1. The van der Waals surface area contributed by atoms with Crippen LogP contribution >= 0.6 is 11.3 Å². The van der Waals surface area contributed by atoms with Gasteiger partial charge < -0.3 is 10.4 Å². The zero-order chi connectivity index (χ0) is 22.9. The van der Waals surface area contributed by atoms with E-state index < -0.39 is 17.8 Å². The molecule has 5 nitrogen and oxygen atoms in total. The van der Waals surface area contributed by atoms with Crippen LogP contribution in [0.15, 0.2) is 66.7 Å². The summed E-state index contributed by atoms with van der Waals surface area (Å²) in [7, 11) is 0. The molecule has 1 aromatic heterocycles. The predicted octanol–water partition coefficient (Wildman–Crippen LogP) is 6.70. The van der Waals surface area contributed by atoms with Gasteiger partial charge in [0.25, 0.3) is 0 Å². The van der Waals surface area contributed by atoms with Crippen molar-refractivity contribution in [3.05, 3.63) is 77.9 Å². The molecule has 1 fully saturated rings. The van der Waals surface area contributed by atoms with Gasteiger partial charge in [0.1, 0.15) is 0 Å². The molecule has 0 saturated heterocycles. The fraction of sp³-hybridized carbons (Fsp3) is 0.222. The third-order valence-corrected chi connectivity index (χ3v) is 7.29. The van der Waals surface area contributed by atoms with Gasteiger partial charge in [0.2, 0.25) is 0 Å². The molecule has 3 aromatic carbocycles. The summed E-state index contributed by atoms with van der Waals surface area (Å²) in [5.74, 6) is -1.89. The van der Waals surface area contributed by atoms with Gasteiger partial charge in [-0.25, -0.2) is 4.98 Å². The molecule has 33 heavy (non-hydrogen) atoms. The Hall–Kier alpha value is -3.51. The molecular formula is C27H24N2O3S. The van der Waals surface area contributed by atoms with E-state index in [-0.39, 0.29) is 5.78 Å². The minimum atomic E-state index is -0.864. The van der Waals surface area contributed by atoms with E-state index in [0.717, 1.165) is 38.6 Å². The SMILES string of the molecule is Cc1ccc2nc(Nc3ccc(-c4ccc(C(=O)C5CCCC5C(=O)O)cc4)cc3)sc2c1. The molecule has 1 aliphatic rings. The highest BCUT2D eigenvalue weighted by molar-refractivity contribution is 7.22. The van der Waals surface area contributed by atoms with Gasteiger partial charge in [-0.05, 0) is 60.7 Å². The maximum absolute atomic E-state index is 12.8. The quantitative estimate of drug-likeness (QED) is 0.316. The number of anilines is 2. The Kier molecular flexibility index (Phi) is 5.68. The number of ketones is 1. The van der Waals surface area contributed by atoms with E-state index in [1.165, 1.54) is 5.56 Å². The van der Waals surface area contributed by atoms with E-state index in [9.17, 15) is 14.7 Å². The van der Waals surface area contributed by atoms with Crippen molar-refractivity contribution in [2.45, 2.75) is 26.2 Å². The fourth-order valence-electron chi connectivity index (χ4n) is 4.57. The van der Waals surface area contributed by atoms with E-state index in [1.54, 1.807) is 11.3 Å².